The van der Waals surface area contributed by atoms with Crippen LogP contribution < -0.4 is 10.6 Å². The Bertz CT molecular complexity index is 1060. The van der Waals surface area contributed by atoms with E-state index in [1.54, 1.807) is 0 Å². The molecule has 0 heterocycles. The molecule has 0 unspecified atom stereocenters. The van der Waals surface area contributed by atoms with E-state index >= 15 is 0 Å². The summed E-state index contributed by atoms with van der Waals surface area (Å²) in [6, 6.07) is 27.1. The van der Waals surface area contributed by atoms with Gasteiger partial charge in [-0.15, -0.1) is 0 Å². The van der Waals surface area contributed by atoms with Gasteiger partial charge in [-0.1, -0.05) is 72.8 Å². The monoisotopic (exact) mass is 474 g/mol. The molecule has 1 atom stereocenters. The normalized spacial score (nSPS) is 11.9. The number of anilines is 1. The minimum atomic E-state index is -0.563. The molecule has 2 N–H and O–H groups in total. The molecule has 0 saturated heterocycles. The molecule has 0 spiro atoms. The standard InChI is InChI=1S/C29H34N2O4/c1-29(2,3)35-28(33)31-26(18-22-10-6-4-7-11-22)20-30-25-16-14-23(15-17-25)19-27(32)34-21-24-12-8-5-9-13-24/h4-17,26,30H,18-21H2,1-3H3,(H,31,33)/t26-/m0/s1. The van der Waals surface area contributed by atoms with Crippen molar-refractivity contribution >= 4 is 17.7 Å². The molecule has 0 aromatic heterocycles. The molecule has 0 bridgehead atoms. The minimum Gasteiger partial charge on any atom is -0.461 e. The number of benzene rings is 3. The SMILES string of the molecule is CC(C)(C)OC(=O)N[C@H](CNc1ccc(CC(=O)OCc2ccccc2)cc1)Cc1ccccc1. The van der Waals surface area contributed by atoms with Gasteiger partial charge in [0.05, 0.1) is 12.5 Å². The Kier molecular flexibility index (Phi) is 9.30. The second-order valence-electron chi connectivity index (χ2n) is 9.43. The highest BCUT2D eigenvalue weighted by atomic mass is 16.6. The van der Waals surface area contributed by atoms with E-state index in [-0.39, 0.29) is 25.0 Å². The first-order chi connectivity index (χ1) is 16.8. The predicted molar refractivity (Wildman–Crippen MR) is 138 cm³/mol. The van der Waals surface area contributed by atoms with Crippen LogP contribution in [-0.2, 0) is 33.7 Å². The molecular formula is C29H34N2O4. The van der Waals surface area contributed by atoms with Crippen molar-refractivity contribution < 1.29 is 19.1 Å². The molecule has 3 aromatic carbocycles. The summed E-state index contributed by atoms with van der Waals surface area (Å²) < 4.78 is 10.8. The summed E-state index contributed by atoms with van der Waals surface area (Å²) in [7, 11) is 0. The Morgan fingerprint density at radius 2 is 1.40 bits per heavy atom. The summed E-state index contributed by atoms with van der Waals surface area (Å²) in [4.78, 5) is 24.5. The zero-order valence-corrected chi connectivity index (χ0v) is 20.6. The number of ether oxygens (including phenoxy) is 2. The van der Waals surface area contributed by atoms with E-state index < -0.39 is 11.7 Å². The van der Waals surface area contributed by atoms with Crippen LogP contribution in [0.4, 0.5) is 10.5 Å². The molecule has 0 fully saturated rings. The lowest BCUT2D eigenvalue weighted by molar-refractivity contribution is -0.144. The number of esters is 1. The van der Waals surface area contributed by atoms with Crippen molar-refractivity contribution in [3.63, 3.8) is 0 Å². The molecule has 3 aromatic rings. The number of carbonyl (C=O) groups is 2. The number of alkyl carbamates (subject to hydrolysis) is 1. The van der Waals surface area contributed by atoms with E-state index in [2.05, 4.69) is 10.6 Å². The Balaban J connectivity index is 1.52. The molecule has 0 aliphatic carbocycles. The number of nitrogens with one attached hydrogen (secondary N) is 2. The molecule has 0 aliphatic heterocycles. The number of carbonyl (C=O) groups excluding carboxylic acids is 2. The molecule has 6 nitrogen and oxygen atoms in total. The summed E-state index contributed by atoms with van der Waals surface area (Å²) in [6.45, 7) is 6.32. The number of hydrogen-bond donors (Lipinski definition) is 2. The van der Waals surface area contributed by atoms with Gasteiger partial charge in [0.2, 0.25) is 0 Å². The maximum absolute atomic E-state index is 12.4. The summed E-state index contributed by atoms with van der Waals surface area (Å²) in [5.41, 5.74) is 3.30. The van der Waals surface area contributed by atoms with Crippen LogP contribution in [0.1, 0.15) is 37.5 Å². The van der Waals surface area contributed by atoms with Crippen molar-refractivity contribution in [2.24, 2.45) is 0 Å². The van der Waals surface area contributed by atoms with Crippen LogP contribution in [0.2, 0.25) is 0 Å². The first-order valence-electron chi connectivity index (χ1n) is 11.8. The van der Waals surface area contributed by atoms with Crippen LogP contribution in [0.25, 0.3) is 0 Å². The third-order valence-corrected chi connectivity index (χ3v) is 5.14. The van der Waals surface area contributed by atoms with E-state index in [4.69, 9.17) is 9.47 Å². The third kappa shape index (κ3) is 9.92. The highest BCUT2D eigenvalue weighted by Crippen LogP contribution is 2.13. The van der Waals surface area contributed by atoms with Crippen LogP contribution >= 0.6 is 0 Å². The van der Waals surface area contributed by atoms with Crippen molar-refractivity contribution in [1.29, 1.82) is 0 Å². The van der Waals surface area contributed by atoms with Gasteiger partial charge in [0.25, 0.3) is 0 Å². The molecule has 6 heteroatoms. The lowest BCUT2D eigenvalue weighted by Crippen LogP contribution is -2.43. The maximum Gasteiger partial charge on any atom is 0.407 e. The van der Waals surface area contributed by atoms with Crippen LogP contribution in [0.15, 0.2) is 84.9 Å². The summed E-state index contributed by atoms with van der Waals surface area (Å²) in [5, 5.41) is 6.35. The maximum atomic E-state index is 12.4. The summed E-state index contributed by atoms with van der Waals surface area (Å²) >= 11 is 0. The fourth-order valence-corrected chi connectivity index (χ4v) is 3.48. The van der Waals surface area contributed by atoms with Crippen molar-refractivity contribution in [1.82, 2.24) is 5.32 Å². The van der Waals surface area contributed by atoms with Crippen molar-refractivity contribution in [3.05, 3.63) is 102 Å². The first kappa shape index (κ1) is 25.8. The number of hydrogen-bond acceptors (Lipinski definition) is 5. The van der Waals surface area contributed by atoms with Gasteiger partial charge in [0, 0.05) is 12.2 Å². The van der Waals surface area contributed by atoms with Crippen molar-refractivity contribution in [2.45, 2.75) is 51.9 Å². The van der Waals surface area contributed by atoms with Crippen LogP contribution in [0.5, 0.6) is 0 Å². The second kappa shape index (κ2) is 12.6. The highest BCUT2D eigenvalue weighted by Gasteiger charge is 2.20. The smallest absolute Gasteiger partial charge is 0.407 e. The second-order valence-corrected chi connectivity index (χ2v) is 9.43. The predicted octanol–water partition coefficient (Wildman–Crippen LogP) is 5.52. The Labute approximate surface area is 207 Å². The third-order valence-electron chi connectivity index (χ3n) is 5.14. The van der Waals surface area contributed by atoms with Crippen molar-refractivity contribution in [2.75, 3.05) is 11.9 Å². The highest BCUT2D eigenvalue weighted by molar-refractivity contribution is 5.72. The average molecular weight is 475 g/mol. The van der Waals surface area contributed by atoms with Crippen LogP contribution in [-0.4, -0.2) is 30.3 Å². The van der Waals surface area contributed by atoms with Gasteiger partial charge in [-0.25, -0.2) is 4.79 Å². The molecule has 0 radical (unpaired) electrons. The number of amides is 1. The average Bonchev–Trinajstić information content (AvgIpc) is 2.82. The molecule has 1 amide bonds. The fraction of sp³-hybridized carbons (Fsp3) is 0.310. The van der Waals surface area contributed by atoms with E-state index in [9.17, 15) is 9.59 Å². The van der Waals surface area contributed by atoms with Crippen molar-refractivity contribution in [3.8, 4) is 0 Å². The largest absolute Gasteiger partial charge is 0.461 e. The van der Waals surface area contributed by atoms with Crippen LogP contribution in [0, 0.1) is 0 Å². The minimum absolute atomic E-state index is 0.167. The van der Waals surface area contributed by atoms with Gasteiger partial charge in [-0.2, -0.15) is 0 Å². The topological polar surface area (TPSA) is 76.7 Å². The fourth-order valence-electron chi connectivity index (χ4n) is 3.48. The number of rotatable bonds is 10. The molecule has 3 rings (SSSR count). The molecule has 0 saturated carbocycles. The van der Waals surface area contributed by atoms with Gasteiger partial charge in [-0.3, -0.25) is 4.79 Å². The quantitative estimate of drug-likeness (QED) is 0.378. The zero-order chi connectivity index (χ0) is 25.1. The Hall–Kier alpha value is -3.80. The van der Waals surface area contributed by atoms with E-state index in [0.29, 0.717) is 13.0 Å². The lowest BCUT2D eigenvalue weighted by atomic mass is 10.1. The molecule has 35 heavy (non-hydrogen) atoms. The van der Waals surface area contributed by atoms with Crippen LogP contribution in [0.3, 0.4) is 0 Å². The van der Waals surface area contributed by atoms with E-state index in [1.807, 2.05) is 106 Å². The molecular weight excluding hydrogens is 440 g/mol. The lowest BCUT2D eigenvalue weighted by Gasteiger charge is -2.24. The summed E-state index contributed by atoms with van der Waals surface area (Å²) in [5.74, 6) is -0.265. The first-order valence-corrected chi connectivity index (χ1v) is 11.8. The zero-order valence-electron chi connectivity index (χ0n) is 20.6. The van der Waals surface area contributed by atoms with E-state index in [0.717, 1.165) is 22.4 Å². The molecule has 184 valence electrons. The van der Waals surface area contributed by atoms with E-state index in [1.165, 1.54) is 0 Å². The van der Waals surface area contributed by atoms with Gasteiger partial charge in [-0.05, 0) is 56.0 Å². The van der Waals surface area contributed by atoms with Gasteiger partial charge in [0.1, 0.15) is 12.2 Å². The van der Waals surface area contributed by atoms with Gasteiger partial charge >= 0.3 is 12.1 Å². The Morgan fingerprint density at radius 3 is 2.00 bits per heavy atom. The summed E-state index contributed by atoms with van der Waals surface area (Å²) in [6.07, 6.45) is 0.437. The van der Waals surface area contributed by atoms with Gasteiger partial charge < -0.3 is 20.1 Å². The molecule has 0 aliphatic rings. The van der Waals surface area contributed by atoms with Gasteiger partial charge in [0.15, 0.2) is 0 Å². The Morgan fingerprint density at radius 1 is 0.800 bits per heavy atom.